The molecule has 0 bridgehead atoms. The van der Waals surface area contributed by atoms with E-state index in [1.54, 1.807) is 0 Å². The van der Waals surface area contributed by atoms with E-state index in [0.29, 0.717) is 0 Å². The molecule has 0 aliphatic carbocycles. The van der Waals surface area contributed by atoms with E-state index in [4.69, 9.17) is 0 Å². The number of hydrogen-bond acceptors (Lipinski definition) is 26. The van der Waals surface area contributed by atoms with Gasteiger partial charge in [-0.1, -0.05) is 0 Å². The molecule has 0 N–H and O–H groups in total. The Morgan fingerprint density at radius 2 is 0.316 bits per heavy atom. The first kappa shape index (κ1) is 127. The van der Waals surface area contributed by atoms with E-state index in [1.807, 2.05) is 0 Å². The average Bonchev–Trinajstić information content (AvgIpc) is 2.48. The fourth-order valence-corrected chi connectivity index (χ4v) is 14.4. The summed E-state index contributed by atoms with van der Waals surface area (Å²) in [5.41, 5.74) is -18.9. The summed E-state index contributed by atoms with van der Waals surface area (Å²) in [5.74, 6) is 0. The summed E-state index contributed by atoms with van der Waals surface area (Å²) in [7, 11) is -59.0. The molecule has 51 heteroatoms. The van der Waals surface area contributed by atoms with Gasteiger partial charge in [0, 0.05) is 13.1 Å². The second-order valence-electron chi connectivity index (χ2n) is 7.18. The topological polar surface area (TPSA) is 512 Å². The summed E-state index contributed by atoms with van der Waals surface area (Å²) in [6.07, 6.45) is 0. The molecule has 0 heterocycles. The molecule has 0 aliphatic heterocycles. The third kappa shape index (κ3) is 51.0. The van der Waals surface area contributed by atoms with Crippen LogP contribution in [0.1, 0.15) is 0 Å². The molecule has 0 unspecified atom stereocenters. The molecular weight excluding hydrogens is 1140 g/mol. The van der Waals surface area contributed by atoms with Crippen LogP contribution in [0.3, 0.4) is 0 Å². The Balaban J connectivity index is -0.0000000559. The van der Waals surface area contributed by atoms with Crippen LogP contribution in [0, 0.1) is 0 Å². The van der Waals surface area contributed by atoms with Gasteiger partial charge in [-0.05, 0) is 60.8 Å². The van der Waals surface area contributed by atoms with Crippen molar-refractivity contribution in [1.82, 2.24) is 9.80 Å². The molecule has 26 nitrogen and oxygen atoms in total. The first-order valence-corrected chi connectivity index (χ1v) is 21.5. The summed E-state index contributed by atoms with van der Waals surface area (Å²) in [6, 6.07) is 0. The third-order valence-corrected chi connectivity index (χ3v) is 17.8. The van der Waals surface area contributed by atoms with Crippen molar-refractivity contribution in [3.8, 4) is 0 Å². The van der Waals surface area contributed by atoms with Gasteiger partial charge in [0.15, 0.2) is 0 Å². The molecule has 0 aliphatic rings. The van der Waals surface area contributed by atoms with Gasteiger partial charge in [-0.2, -0.15) is 0 Å². The molecule has 0 rings (SSSR count). The van der Waals surface area contributed by atoms with E-state index in [1.165, 1.54) is 0 Å². The van der Waals surface area contributed by atoms with Gasteiger partial charge in [0.25, 0.3) is 0 Å². The molecule has 0 spiro atoms. The van der Waals surface area contributed by atoms with Crippen LogP contribution in [-0.2, 0) is 36.5 Å². The van der Waals surface area contributed by atoms with E-state index < -0.39 is 106 Å². The van der Waals surface area contributed by atoms with Crippen LogP contribution < -0.4 is 551 Å². The molecule has 0 amide bonds. The minimum absolute atomic E-state index is 0. The van der Waals surface area contributed by atoms with Crippen molar-refractivity contribution in [3.63, 3.8) is 0 Å². The van der Waals surface area contributed by atoms with E-state index in [9.17, 15) is 115 Å². The largest absolute Gasteiger partial charge is 1.00 e. The number of rotatable bonds is 15. The van der Waals surface area contributed by atoms with Gasteiger partial charge < -0.3 is 115 Å². The quantitative estimate of drug-likeness (QED) is 0.109. The maximum absolute atomic E-state index is 11.4. The van der Waals surface area contributed by atoms with Crippen LogP contribution in [-0.4, -0.2) is 82.7 Å². The maximum atomic E-state index is 11.4. The van der Waals surface area contributed by atoms with E-state index in [2.05, 4.69) is 0 Å². The van der Waals surface area contributed by atoms with E-state index >= 15 is 0 Å². The Kier molecular flexibility index (Phi) is 119. The zero-order chi connectivity index (χ0) is 32.9. The minimum Gasteiger partial charge on any atom is 1.00 e. The maximum Gasteiger partial charge on any atom is 1.00 e. The Labute approximate surface area is 711 Å². The zero-order valence-corrected chi connectivity index (χ0v) is 73.1. The van der Waals surface area contributed by atoms with Crippen LogP contribution in [0.2, 0.25) is 0 Å². The Bertz CT molecular complexity index is 1070. The van der Waals surface area contributed by atoms with Gasteiger partial charge in [-0.3, -0.25) is 9.80 Å². The molecule has 0 saturated heterocycles. The average molecular weight is 1150 g/mol. The normalized spacial score (nSPS) is 11.1. The fraction of sp³-hybridized carbons (Fsp3) is 1.00. The monoisotopic (exact) mass is 1150 g/mol. The molecule has 0 aromatic carbocycles. The number of nitrogens with zero attached hydrogens (tertiary/aromatic N) is 2. The molecule has 0 atom stereocenters. The van der Waals surface area contributed by atoms with Crippen LogP contribution in [0.25, 0.3) is 0 Å². The first-order chi connectivity index (χ1) is 17.0. The standard InChI is InChI=1S/C6H24N2O24P8.Ca.16Na.2H/c9-33(10,11)3(34(12,13)14)7(4(35(15,16)17)36(18,19)20)1-2-8(5(37(21,22)23)38(24,25)26)6(39(27,28)29)40(30,31)32;;;;;;;;;;;;;;;;;;;/h3-6H,1-2H2,(H2,9,10,11)(H2,12,13,14)(H2,15,16,17)(H2,18,19,20)(H2,21,22,23)(H2,24,25,26)(H2,27,28,29)(H2,30,31,32);;;;;;;;;;;;;;;;;;;/q;;16*+1;;/p-16. The smallest absolute Gasteiger partial charge is 1.00 e. The summed E-state index contributed by atoms with van der Waals surface area (Å²) in [4.78, 5) is 179. The molecule has 0 aromatic rings. The van der Waals surface area contributed by atoms with Crippen molar-refractivity contribution in [2.75, 3.05) is 13.1 Å². The van der Waals surface area contributed by atoms with Gasteiger partial charge in [-0.25, -0.2) is 0 Å². The van der Waals surface area contributed by atoms with Crippen molar-refractivity contribution in [1.29, 1.82) is 0 Å². The van der Waals surface area contributed by atoms with Gasteiger partial charge in [0.2, 0.25) is 0 Å². The predicted octanol–water partition coefficient (Wildman–Crippen LogP) is -62.8. The van der Waals surface area contributed by atoms with Crippen molar-refractivity contribution in [2.24, 2.45) is 0 Å². The van der Waals surface area contributed by atoms with Crippen molar-refractivity contribution in [3.05, 3.63) is 0 Å². The van der Waals surface area contributed by atoms with Crippen molar-refractivity contribution < 1.29 is 588 Å². The molecule has 0 fully saturated rings. The Hall–Kier alpha value is 18.4. The van der Waals surface area contributed by atoms with Crippen LogP contribution in [0.5, 0.6) is 0 Å². The second-order valence-corrected chi connectivity index (χ2v) is 21.4. The minimum atomic E-state index is -7.38. The van der Waals surface area contributed by atoms with Gasteiger partial charge in [-0.15, -0.1) is 0 Å². The zero-order valence-electron chi connectivity index (χ0n) is 34.0. The molecule has 0 radical (unpaired) electrons. The SMILES string of the molecule is O=P([O-])([O-])C(N(CCN(C(P(=O)([O-])[O-])P(=O)([O-])[O-])C(P(=O)([O-])[O-])P(=O)([O-])[O-])C(P(=O)([O-])[O-])P(=O)([O-])[O-])P(=O)([O-])[O-].[CaH2].[Na+].[Na+].[Na+].[Na+].[Na+].[Na+].[Na+].[Na+].[Na+].[Na+].[Na+].[Na+].[Na+].[Na+].[Na+].[Na+]. The van der Waals surface area contributed by atoms with Crippen LogP contribution in [0.15, 0.2) is 0 Å². The molecule has 0 saturated carbocycles. The third-order valence-electron chi connectivity index (χ3n) is 4.07. The molecule has 0 aromatic heterocycles. The Morgan fingerprint density at radius 1 is 0.246 bits per heavy atom. The van der Waals surface area contributed by atoms with Crippen molar-refractivity contribution in [2.45, 2.75) is 22.1 Å². The van der Waals surface area contributed by atoms with Crippen LogP contribution in [0.4, 0.5) is 0 Å². The van der Waals surface area contributed by atoms with Gasteiger partial charge in [0.05, 0.1) is 22.1 Å². The summed E-state index contributed by atoms with van der Waals surface area (Å²) in [5, 5.41) is 0. The molecule has 246 valence electrons. The number of hydrogen-bond donors (Lipinski definition) is 0. The molecule has 57 heavy (non-hydrogen) atoms. The van der Waals surface area contributed by atoms with Crippen molar-refractivity contribution >= 4 is 98.5 Å². The van der Waals surface area contributed by atoms with Crippen LogP contribution >= 0.6 is 60.8 Å². The van der Waals surface area contributed by atoms with E-state index in [0.717, 1.165) is 0 Å². The summed E-state index contributed by atoms with van der Waals surface area (Å²) >= 11 is 0. The van der Waals surface area contributed by atoms with Gasteiger partial charge in [0.1, 0.15) is 0 Å². The first-order valence-electron chi connectivity index (χ1n) is 8.61. The van der Waals surface area contributed by atoms with E-state index in [-0.39, 0.29) is 511 Å². The predicted molar refractivity (Wildman–Crippen MR) is 98.0 cm³/mol. The Morgan fingerprint density at radius 3 is 0.368 bits per heavy atom. The second kappa shape index (κ2) is 53.7. The molecular formula is C6H10CaN2Na16O24P8. The summed E-state index contributed by atoms with van der Waals surface area (Å²) in [6.45, 7) is -5.62. The summed E-state index contributed by atoms with van der Waals surface area (Å²) < 4.78 is 91.3. The fourth-order valence-electron chi connectivity index (χ4n) is 3.08. The van der Waals surface area contributed by atoms with Gasteiger partial charge >= 0.3 is 511 Å².